The summed E-state index contributed by atoms with van der Waals surface area (Å²) >= 11 is 5.92. The topological polar surface area (TPSA) is 72.2 Å². The van der Waals surface area contributed by atoms with Gasteiger partial charge < -0.3 is 5.73 Å². The number of halogens is 1. The Hall–Kier alpha value is -0.780. The normalized spacial score (nSPS) is 13.4. The van der Waals surface area contributed by atoms with E-state index in [1.165, 1.54) is 12.1 Å². The lowest BCUT2D eigenvalue weighted by molar-refractivity contribution is 0.527. The number of hydrogen-bond acceptors (Lipinski definition) is 3. The van der Waals surface area contributed by atoms with E-state index in [0.717, 1.165) is 25.7 Å². The molecule has 3 N–H and O–H groups in total. The zero-order valence-electron chi connectivity index (χ0n) is 11.3. The maximum atomic E-state index is 12.2. The summed E-state index contributed by atoms with van der Waals surface area (Å²) < 4.78 is 27.0. The van der Waals surface area contributed by atoms with Gasteiger partial charge in [0.2, 0.25) is 10.0 Å². The molecule has 1 aromatic carbocycles. The monoisotopic (exact) mass is 304 g/mol. The summed E-state index contributed by atoms with van der Waals surface area (Å²) in [5.41, 5.74) is 5.98. The summed E-state index contributed by atoms with van der Waals surface area (Å²) in [4.78, 5) is 0.0384. The second-order valence-corrected chi connectivity index (χ2v) is 6.80. The Labute approximate surface area is 120 Å². The maximum Gasteiger partial charge on any atom is 0.242 e. The molecule has 0 saturated heterocycles. The highest BCUT2D eigenvalue weighted by Crippen LogP contribution is 2.24. The average Bonchev–Trinajstić information content (AvgIpc) is 2.32. The molecule has 0 aliphatic rings. The van der Waals surface area contributed by atoms with E-state index in [2.05, 4.69) is 11.6 Å². The highest BCUT2D eigenvalue weighted by Gasteiger charge is 2.20. The Morgan fingerprint density at radius 2 is 2.05 bits per heavy atom. The predicted octanol–water partition coefficient (Wildman–Crippen LogP) is 3.17. The second kappa shape index (κ2) is 7.12. The van der Waals surface area contributed by atoms with Gasteiger partial charge in [0.15, 0.2) is 0 Å². The van der Waals surface area contributed by atoms with Crippen molar-refractivity contribution in [3.8, 4) is 0 Å². The van der Waals surface area contributed by atoms with Crippen LogP contribution in [0.1, 0.15) is 39.5 Å². The smallest absolute Gasteiger partial charge is 0.242 e. The average molecular weight is 305 g/mol. The molecule has 0 heterocycles. The molecule has 0 aliphatic heterocycles. The Balaban J connectivity index is 2.78. The molecule has 1 unspecified atom stereocenters. The van der Waals surface area contributed by atoms with Crippen LogP contribution in [0.4, 0.5) is 5.69 Å². The van der Waals surface area contributed by atoms with E-state index in [0.29, 0.717) is 5.69 Å². The molecule has 19 heavy (non-hydrogen) atoms. The fourth-order valence-electron chi connectivity index (χ4n) is 1.81. The van der Waals surface area contributed by atoms with Gasteiger partial charge in [0.1, 0.15) is 4.90 Å². The van der Waals surface area contributed by atoms with E-state index in [4.69, 9.17) is 17.3 Å². The van der Waals surface area contributed by atoms with Crippen molar-refractivity contribution in [2.75, 3.05) is 5.73 Å². The minimum atomic E-state index is -3.61. The van der Waals surface area contributed by atoms with Gasteiger partial charge in [-0.1, -0.05) is 37.8 Å². The minimum Gasteiger partial charge on any atom is -0.399 e. The molecule has 0 aliphatic carbocycles. The predicted molar refractivity (Wildman–Crippen MR) is 79.8 cm³/mol. The van der Waals surface area contributed by atoms with Crippen LogP contribution in [0.25, 0.3) is 0 Å². The molecule has 0 amide bonds. The fourth-order valence-corrected chi connectivity index (χ4v) is 3.63. The van der Waals surface area contributed by atoms with E-state index >= 15 is 0 Å². The first-order valence-corrected chi connectivity index (χ1v) is 8.30. The van der Waals surface area contributed by atoms with Crippen molar-refractivity contribution in [1.29, 1.82) is 0 Å². The van der Waals surface area contributed by atoms with Crippen molar-refractivity contribution >= 4 is 27.3 Å². The van der Waals surface area contributed by atoms with E-state index in [-0.39, 0.29) is 16.0 Å². The van der Waals surface area contributed by atoms with Gasteiger partial charge in [-0.2, -0.15) is 0 Å². The summed E-state index contributed by atoms with van der Waals surface area (Å²) in [6.45, 7) is 3.97. The molecule has 0 bridgehead atoms. The lowest BCUT2D eigenvalue weighted by Gasteiger charge is -2.15. The van der Waals surface area contributed by atoms with Crippen LogP contribution in [-0.4, -0.2) is 14.5 Å². The van der Waals surface area contributed by atoms with Crippen LogP contribution in [-0.2, 0) is 10.0 Å². The standard InChI is InChI=1S/C13H21ClN2O2S/c1-3-4-5-6-10(2)16-19(17,18)13-9-11(15)7-8-12(13)14/h7-10,16H,3-6,15H2,1-2H3. The van der Waals surface area contributed by atoms with Crippen molar-refractivity contribution < 1.29 is 8.42 Å². The molecule has 1 rings (SSSR count). The highest BCUT2D eigenvalue weighted by atomic mass is 35.5. The van der Waals surface area contributed by atoms with Gasteiger partial charge in [0.05, 0.1) is 5.02 Å². The van der Waals surface area contributed by atoms with E-state index in [1.807, 2.05) is 6.92 Å². The summed E-state index contributed by atoms with van der Waals surface area (Å²) in [6.07, 6.45) is 4.03. The number of nitrogens with one attached hydrogen (secondary N) is 1. The summed E-state index contributed by atoms with van der Waals surface area (Å²) in [5.74, 6) is 0. The van der Waals surface area contributed by atoms with Crippen LogP contribution < -0.4 is 10.5 Å². The largest absolute Gasteiger partial charge is 0.399 e. The SMILES string of the molecule is CCCCCC(C)NS(=O)(=O)c1cc(N)ccc1Cl. The minimum absolute atomic E-state index is 0.0384. The first kappa shape index (κ1) is 16.3. The summed E-state index contributed by atoms with van der Waals surface area (Å²) in [7, 11) is -3.61. The molecule has 1 aromatic rings. The Kier molecular flexibility index (Phi) is 6.10. The molecule has 0 spiro atoms. The second-order valence-electron chi connectivity index (χ2n) is 4.71. The lowest BCUT2D eigenvalue weighted by Crippen LogP contribution is -2.32. The van der Waals surface area contributed by atoms with Crippen molar-refractivity contribution in [2.24, 2.45) is 0 Å². The number of unbranched alkanes of at least 4 members (excludes halogenated alkanes) is 2. The van der Waals surface area contributed by atoms with E-state index in [9.17, 15) is 8.42 Å². The van der Waals surface area contributed by atoms with Gasteiger partial charge in [-0.05, 0) is 31.5 Å². The Bertz CT molecular complexity index is 517. The third-order valence-corrected chi connectivity index (χ3v) is 4.91. The van der Waals surface area contributed by atoms with Gasteiger partial charge in [-0.3, -0.25) is 0 Å². The summed E-state index contributed by atoms with van der Waals surface area (Å²) in [6, 6.07) is 4.33. The molecule has 6 heteroatoms. The van der Waals surface area contributed by atoms with Crippen LogP contribution in [0, 0.1) is 0 Å². The van der Waals surface area contributed by atoms with Gasteiger partial charge in [-0.15, -0.1) is 0 Å². The van der Waals surface area contributed by atoms with Gasteiger partial charge in [0, 0.05) is 11.7 Å². The number of rotatable bonds is 7. The van der Waals surface area contributed by atoms with Gasteiger partial charge >= 0.3 is 0 Å². The number of nitrogens with two attached hydrogens (primary N) is 1. The highest BCUT2D eigenvalue weighted by molar-refractivity contribution is 7.89. The number of hydrogen-bond donors (Lipinski definition) is 2. The quantitative estimate of drug-likeness (QED) is 0.600. The van der Waals surface area contributed by atoms with Crippen LogP contribution in [0.5, 0.6) is 0 Å². The third kappa shape index (κ3) is 5.01. The molecule has 0 fully saturated rings. The molecular weight excluding hydrogens is 284 g/mol. The van der Waals surface area contributed by atoms with Crippen molar-refractivity contribution in [3.05, 3.63) is 23.2 Å². The number of anilines is 1. The van der Waals surface area contributed by atoms with Crippen molar-refractivity contribution in [3.63, 3.8) is 0 Å². The Morgan fingerprint density at radius 3 is 2.68 bits per heavy atom. The van der Waals surface area contributed by atoms with Gasteiger partial charge in [-0.25, -0.2) is 13.1 Å². The summed E-state index contributed by atoms with van der Waals surface area (Å²) in [5, 5.41) is 0.183. The molecular formula is C13H21ClN2O2S. The van der Waals surface area contributed by atoms with Crippen LogP contribution in [0.3, 0.4) is 0 Å². The van der Waals surface area contributed by atoms with Crippen molar-refractivity contribution in [1.82, 2.24) is 4.72 Å². The molecule has 4 nitrogen and oxygen atoms in total. The molecule has 0 radical (unpaired) electrons. The third-order valence-electron chi connectivity index (χ3n) is 2.84. The first-order chi connectivity index (χ1) is 8.86. The zero-order chi connectivity index (χ0) is 14.5. The van der Waals surface area contributed by atoms with Crippen LogP contribution in [0.15, 0.2) is 23.1 Å². The van der Waals surface area contributed by atoms with Gasteiger partial charge in [0.25, 0.3) is 0 Å². The molecule has 0 saturated carbocycles. The van der Waals surface area contributed by atoms with E-state index in [1.54, 1.807) is 6.07 Å². The number of nitrogen functional groups attached to an aromatic ring is 1. The van der Waals surface area contributed by atoms with Crippen molar-refractivity contribution in [2.45, 2.75) is 50.5 Å². The Morgan fingerprint density at radius 1 is 1.37 bits per heavy atom. The lowest BCUT2D eigenvalue weighted by atomic mass is 10.1. The molecule has 0 aromatic heterocycles. The zero-order valence-corrected chi connectivity index (χ0v) is 12.9. The fraction of sp³-hybridized carbons (Fsp3) is 0.538. The molecule has 1 atom stereocenters. The van der Waals surface area contributed by atoms with E-state index < -0.39 is 10.0 Å². The first-order valence-electron chi connectivity index (χ1n) is 6.44. The number of sulfonamides is 1. The maximum absolute atomic E-state index is 12.2. The van der Waals surface area contributed by atoms with Crippen LogP contribution in [0.2, 0.25) is 5.02 Å². The number of benzene rings is 1. The van der Waals surface area contributed by atoms with Crippen LogP contribution >= 0.6 is 11.6 Å². The molecule has 108 valence electrons.